The van der Waals surface area contributed by atoms with E-state index < -0.39 is 0 Å². The van der Waals surface area contributed by atoms with Gasteiger partial charge in [-0.2, -0.15) is 0 Å². The number of hydrogen-bond acceptors (Lipinski definition) is 2. The summed E-state index contributed by atoms with van der Waals surface area (Å²) in [6.45, 7) is 4.37. The van der Waals surface area contributed by atoms with E-state index in [1.807, 2.05) is 6.07 Å². The highest BCUT2D eigenvalue weighted by atomic mass is 35.5. The smallest absolute Gasteiger partial charge is 0.0480 e. The van der Waals surface area contributed by atoms with Crippen molar-refractivity contribution < 1.29 is 5.11 Å². The minimum Gasteiger partial charge on any atom is -0.396 e. The SMILES string of the molecule is C[C@]1(c2ccccc2)CNC[C@@H]1CO.Cl. The third-order valence-electron chi connectivity index (χ3n) is 3.44. The van der Waals surface area contributed by atoms with Gasteiger partial charge >= 0.3 is 0 Å². The van der Waals surface area contributed by atoms with Crippen LogP contribution in [0.25, 0.3) is 0 Å². The van der Waals surface area contributed by atoms with Gasteiger partial charge < -0.3 is 10.4 Å². The molecule has 15 heavy (non-hydrogen) atoms. The van der Waals surface area contributed by atoms with Crippen molar-refractivity contribution in [2.45, 2.75) is 12.3 Å². The largest absolute Gasteiger partial charge is 0.396 e. The average molecular weight is 228 g/mol. The van der Waals surface area contributed by atoms with Crippen molar-refractivity contribution in [3.05, 3.63) is 35.9 Å². The normalized spacial score (nSPS) is 29.9. The van der Waals surface area contributed by atoms with Crippen LogP contribution in [0.2, 0.25) is 0 Å². The van der Waals surface area contributed by atoms with Gasteiger partial charge in [-0.05, 0) is 5.56 Å². The summed E-state index contributed by atoms with van der Waals surface area (Å²) in [7, 11) is 0. The molecule has 2 atom stereocenters. The molecule has 1 heterocycles. The van der Waals surface area contributed by atoms with Crippen LogP contribution in [-0.2, 0) is 5.41 Å². The van der Waals surface area contributed by atoms with E-state index in [1.165, 1.54) is 5.56 Å². The van der Waals surface area contributed by atoms with E-state index in [0.29, 0.717) is 5.92 Å². The molecule has 0 saturated carbocycles. The molecule has 1 fully saturated rings. The van der Waals surface area contributed by atoms with E-state index in [9.17, 15) is 5.11 Å². The highest BCUT2D eigenvalue weighted by Gasteiger charge is 2.39. The predicted molar refractivity (Wildman–Crippen MR) is 64.5 cm³/mol. The van der Waals surface area contributed by atoms with Crippen molar-refractivity contribution in [1.82, 2.24) is 5.32 Å². The van der Waals surface area contributed by atoms with Gasteiger partial charge in [0, 0.05) is 31.0 Å². The Kier molecular flexibility index (Phi) is 4.14. The van der Waals surface area contributed by atoms with Gasteiger partial charge in [0.1, 0.15) is 0 Å². The Morgan fingerprint density at radius 3 is 2.67 bits per heavy atom. The van der Waals surface area contributed by atoms with Gasteiger partial charge in [0.15, 0.2) is 0 Å². The lowest BCUT2D eigenvalue weighted by Gasteiger charge is -2.29. The van der Waals surface area contributed by atoms with Gasteiger partial charge in [-0.15, -0.1) is 12.4 Å². The zero-order valence-electron chi connectivity index (χ0n) is 8.94. The highest BCUT2D eigenvalue weighted by molar-refractivity contribution is 5.85. The monoisotopic (exact) mass is 227 g/mol. The van der Waals surface area contributed by atoms with E-state index in [0.717, 1.165) is 13.1 Å². The molecule has 0 aromatic heterocycles. The van der Waals surface area contributed by atoms with Crippen molar-refractivity contribution in [2.24, 2.45) is 5.92 Å². The van der Waals surface area contributed by atoms with Gasteiger partial charge in [0.05, 0.1) is 0 Å². The molecular formula is C12H18ClNO. The second-order valence-corrected chi connectivity index (χ2v) is 4.29. The molecular weight excluding hydrogens is 210 g/mol. The van der Waals surface area contributed by atoms with Crippen LogP contribution in [0.15, 0.2) is 30.3 Å². The number of halogens is 1. The topological polar surface area (TPSA) is 32.3 Å². The maximum atomic E-state index is 9.32. The van der Waals surface area contributed by atoms with Crippen molar-refractivity contribution >= 4 is 12.4 Å². The molecule has 2 nitrogen and oxygen atoms in total. The second-order valence-electron chi connectivity index (χ2n) is 4.29. The molecule has 3 heteroatoms. The van der Waals surface area contributed by atoms with E-state index in [-0.39, 0.29) is 24.4 Å². The predicted octanol–water partition coefficient (Wildman–Crippen LogP) is 1.58. The van der Waals surface area contributed by atoms with Crippen LogP contribution < -0.4 is 5.32 Å². The molecule has 2 N–H and O–H groups in total. The van der Waals surface area contributed by atoms with Crippen LogP contribution in [-0.4, -0.2) is 24.8 Å². The molecule has 0 bridgehead atoms. The summed E-state index contributed by atoms with van der Waals surface area (Å²) in [5.41, 5.74) is 1.42. The Labute approximate surface area is 97.1 Å². The Morgan fingerprint density at radius 1 is 1.40 bits per heavy atom. The summed E-state index contributed by atoms with van der Waals surface area (Å²) in [5, 5.41) is 12.7. The minimum absolute atomic E-state index is 0. The molecule has 1 aromatic rings. The van der Waals surface area contributed by atoms with Crippen LogP contribution in [0.3, 0.4) is 0 Å². The number of rotatable bonds is 2. The molecule has 0 aliphatic carbocycles. The molecule has 84 valence electrons. The van der Waals surface area contributed by atoms with Crippen molar-refractivity contribution in [3.63, 3.8) is 0 Å². The number of hydrogen-bond donors (Lipinski definition) is 2. The standard InChI is InChI=1S/C12H17NO.ClH/c1-12(9-13-7-11(12)8-14)10-5-3-2-4-6-10;/h2-6,11,13-14H,7-9H2,1H3;1H/t11-,12-;/m1./s1. The number of aliphatic hydroxyl groups is 1. The average Bonchev–Trinajstić information content (AvgIpc) is 2.62. The summed E-state index contributed by atoms with van der Waals surface area (Å²) in [5.74, 6) is 0.338. The molecule has 0 radical (unpaired) electrons. The molecule has 1 saturated heterocycles. The van der Waals surface area contributed by atoms with Crippen LogP contribution in [0.1, 0.15) is 12.5 Å². The Morgan fingerprint density at radius 2 is 2.07 bits per heavy atom. The van der Waals surface area contributed by atoms with Crippen LogP contribution in [0, 0.1) is 5.92 Å². The molecule has 0 unspecified atom stereocenters. The van der Waals surface area contributed by atoms with Gasteiger partial charge in [-0.25, -0.2) is 0 Å². The van der Waals surface area contributed by atoms with E-state index >= 15 is 0 Å². The first-order valence-corrected chi connectivity index (χ1v) is 5.14. The lowest BCUT2D eigenvalue weighted by Crippen LogP contribution is -2.33. The third-order valence-corrected chi connectivity index (χ3v) is 3.44. The van der Waals surface area contributed by atoms with Gasteiger partial charge in [-0.1, -0.05) is 37.3 Å². The first-order chi connectivity index (χ1) is 6.77. The number of benzene rings is 1. The highest BCUT2D eigenvalue weighted by Crippen LogP contribution is 2.34. The maximum Gasteiger partial charge on any atom is 0.0480 e. The zero-order valence-corrected chi connectivity index (χ0v) is 9.76. The fraction of sp³-hybridized carbons (Fsp3) is 0.500. The fourth-order valence-electron chi connectivity index (χ4n) is 2.30. The molecule has 1 aliphatic rings. The van der Waals surface area contributed by atoms with Crippen molar-refractivity contribution in [1.29, 1.82) is 0 Å². The van der Waals surface area contributed by atoms with Crippen LogP contribution >= 0.6 is 12.4 Å². The zero-order chi connectivity index (χ0) is 10.0. The summed E-state index contributed by atoms with van der Waals surface area (Å²) in [4.78, 5) is 0. The van der Waals surface area contributed by atoms with Crippen LogP contribution in [0.5, 0.6) is 0 Å². The molecule has 1 aromatic carbocycles. The number of aliphatic hydroxyl groups excluding tert-OH is 1. The van der Waals surface area contributed by atoms with Gasteiger partial charge in [-0.3, -0.25) is 0 Å². The Hall–Kier alpha value is -0.570. The van der Waals surface area contributed by atoms with Crippen molar-refractivity contribution in [2.75, 3.05) is 19.7 Å². The van der Waals surface area contributed by atoms with Crippen LogP contribution in [0.4, 0.5) is 0 Å². The third kappa shape index (κ3) is 2.17. The van der Waals surface area contributed by atoms with Crippen molar-refractivity contribution in [3.8, 4) is 0 Å². The molecule has 1 aliphatic heterocycles. The first kappa shape index (κ1) is 12.5. The van der Waals surface area contributed by atoms with E-state index in [4.69, 9.17) is 0 Å². The van der Waals surface area contributed by atoms with E-state index in [2.05, 4.69) is 36.5 Å². The summed E-state index contributed by atoms with van der Waals surface area (Å²) < 4.78 is 0. The quantitative estimate of drug-likeness (QED) is 0.804. The second kappa shape index (κ2) is 4.97. The number of nitrogens with one attached hydrogen (secondary N) is 1. The summed E-state index contributed by atoms with van der Waals surface area (Å²) in [6, 6.07) is 10.5. The van der Waals surface area contributed by atoms with E-state index in [1.54, 1.807) is 0 Å². The first-order valence-electron chi connectivity index (χ1n) is 5.14. The lowest BCUT2D eigenvalue weighted by molar-refractivity contribution is 0.193. The minimum atomic E-state index is 0. The molecule has 0 spiro atoms. The maximum absolute atomic E-state index is 9.32. The van der Waals surface area contributed by atoms with Gasteiger partial charge in [0.25, 0.3) is 0 Å². The Bertz CT molecular complexity index is 304. The summed E-state index contributed by atoms with van der Waals surface area (Å²) in [6.07, 6.45) is 0. The molecule has 0 amide bonds. The molecule has 2 rings (SSSR count). The summed E-state index contributed by atoms with van der Waals surface area (Å²) >= 11 is 0. The van der Waals surface area contributed by atoms with Gasteiger partial charge in [0.2, 0.25) is 0 Å². The fourth-order valence-corrected chi connectivity index (χ4v) is 2.30. The lowest BCUT2D eigenvalue weighted by atomic mass is 9.74. The Balaban J connectivity index is 0.00000112.